The molecular weight excluding hydrogens is 362 g/mol. The van der Waals surface area contributed by atoms with Crippen LogP contribution in [0.3, 0.4) is 0 Å². The molecule has 0 spiro atoms. The van der Waals surface area contributed by atoms with Crippen LogP contribution in [0.25, 0.3) is 5.69 Å². The molecule has 0 fully saturated rings. The Balaban J connectivity index is 1.46. The Morgan fingerprint density at radius 1 is 1.00 bits per heavy atom. The maximum absolute atomic E-state index is 5.20. The Kier molecular flexibility index (Phi) is 7.69. The Hall–Kier alpha value is -3.28. The van der Waals surface area contributed by atoms with Crippen LogP contribution < -0.4 is 15.4 Å². The van der Waals surface area contributed by atoms with Crippen molar-refractivity contribution in [2.45, 2.75) is 19.8 Å². The highest BCUT2D eigenvalue weighted by molar-refractivity contribution is 5.79. The van der Waals surface area contributed by atoms with E-state index < -0.39 is 0 Å². The highest BCUT2D eigenvalue weighted by atomic mass is 16.5. The number of rotatable bonds is 9. The van der Waals surface area contributed by atoms with Gasteiger partial charge in [-0.25, -0.2) is 4.68 Å². The average Bonchev–Trinajstić information content (AvgIpc) is 3.30. The highest BCUT2D eigenvalue weighted by Gasteiger charge is 2.00. The van der Waals surface area contributed by atoms with Crippen LogP contribution in [0.2, 0.25) is 0 Å². The largest absolute Gasteiger partial charge is 0.497 e. The molecule has 0 bridgehead atoms. The molecule has 0 atom stereocenters. The lowest BCUT2D eigenvalue weighted by Gasteiger charge is -2.11. The van der Waals surface area contributed by atoms with Crippen LogP contribution in [-0.4, -0.2) is 42.5 Å². The van der Waals surface area contributed by atoms with E-state index in [1.807, 2.05) is 29.1 Å². The fourth-order valence-electron chi connectivity index (χ4n) is 2.99. The second-order valence-corrected chi connectivity index (χ2v) is 6.65. The van der Waals surface area contributed by atoms with Crippen LogP contribution in [0.5, 0.6) is 5.75 Å². The lowest BCUT2D eigenvalue weighted by Crippen LogP contribution is -2.38. The number of aliphatic imine (C=N–C) groups is 1. The molecule has 0 unspecified atom stereocenters. The first-order valence-corrected chi connectivity index (χ1v) is 10.0. The van der Waals surface area contributed by atoms with Gasteiger partial charge >= 0.3 is 0 Å². The van der Waals surface area contributed by atoms with Gasteiger partial charge in [0.15, 0.2) is 5.96 Å². The topological polar surface area (TPSA) is 63.5 Å². The van der Waals surface area contributed by atoms with Gasteiger partial charge in [0, 0.05) is 32.0 Å². The summed E-state index contributed by atoms with van der Waals surface area (Å²) in [4.78, 5) is 4.70. The molecule has 0 aliphatic carbocycles. The summed E-state index contributed by atoms with van der Waals surface area (Å²) in [6, 6.07) is 18.5. The van der Waals surface area contributed by atoms with Crippen molar-refractivity contribution in [1.82, 2.24) is 20.4 Å². The molecule has 1 aromatic heterocycles. The quantitative estimate of drug-likeness (QED) is 0.434. The number of hydrogen-bond donors (Lipinski definition) is 2. The second-order valence-electron chi connectivity index (χ2n) is 6.65. The first-order chi connectivity index (χ1) is 14.3. The van der Waals surface area contributed by atoms with Crippen LogP contribution in [-0.2, 0) is 12.8 Å². The summed E-state index contributed by atoms with van der Waals surface area (Å²) >= 11 is 0. The number of benzene rings is 2. The van der Waals surface area contributed by atoms with Gasteiger partial charge in [-0.05, 0) is 61.2 Å². The first kappa shape index (κ1) is 20.5. The second kappa shape index (κ2) is 10.9. The van der Waals surface area contributed by atoms with E-state index in [2.05, 4.69) is 59.1 Å². The number of methoxy groups -OCH3 is 1. The van der Waals surface area contributed by atoms with Crippen LogP contribution in [0.1, 0.15) is 18.1 Å². The molecule has 3 aromatic rings. The molecule has 3 rings (SSSR count). The summed E-state index contributed by atoms with van der Waals surface area (Å²) in [6.07, 6.45) is 5.56. The maximum atomic E-state index is 5.20. The summed E-state index contributed by atoms with van der Waals surface area (Å²) in [7, 11) is 1.68. The molecule has 0 saturated heterocycles. The van der Waals surface area contributed by atoms with Crippen molar-refractivity contribution in [1.29, 1.82) is 0 Å². The zero-order valence-corrected chi connectivity index (χ0v) is 17.1. The fraction of sp³-hybridized carbons (Fsp3) is 0.304. The SMILES string of the molecule is CCNC(=NCCc1ccc(-n2cccn2)cc1)NCCc1ccc(OC)cc1. The Morgan fingerprint density at radius 3 is 2.38 bits per heavy atom. The van der Waals surface area contributed by atoms with Crippen molar-refractivity contribution in [3.8, 4) is 11.4 Å². The van der Waals surface area contributed by atoms with Gasteiger partial charge in [0.05, 0.1) is 12.8 Å². The third-order valence-corrected chi connectivity index (χ3v) is 4.59. The number of guanidine groups is 1. The number of hydrogen-bond acceptors (Lipinski definition) is 3. The van der Waals surface area contributed by atoms with Gasteiger partial charge in [-0.1, -0.05) is 24.3 Å². The minimum absolute atomic E-state index is 0.735. The monoisotopic (exact) mass is 391 g/mol. The molecule has 1 heterocycles. The van der Waals surface area contributed by atoms with Crippen molar-refractivity contribution < 1.29 is 4.74 Å². The minimum atomic E-state index is 0.735. The Morgan fingerprint density at radius 2 is 1.72 bits per heavy atom. The molecule has 2 N–H and O–H groups in total. The highest BCUT2D eigenvalue weighted by Crippen LogP contribution is 2.11. The standard InChI is InChI=1S/C23H29N5O/c1-3-24-23(26-17-14-20-7-11-22(29-2)12-8-20)25-16-13-19-5-9-21(10-6-19)28-18-4-15-27-28/h4-12,15,18H,3,13-14,16-17H2,1-2H3,(H2,24,25,26). The van der Waals surface area contributed by atoms with E-state index in [9.17, 15) is 0 Å². The predicted octanol–water partition coefficient (Wildman–Crippen LogP) is 3.22. The third kappa shape index (κ3) is 6.38. The molecule has 0 saturated carbocycles. The Bertz CT molecular complexity index is 871. The zero-order chi connectivity index (χ0) is 20.3. The summed E-state index contributed by atoms with van der Waals surface area (Å²) in [5.74, 6) is 1.74. The number of aromatic nitrogens is 2. The van der Waals surface area contributed by atoms with E-state index in [0.29, 0.717) is 0 Å². The molecular formula is C23H29N5O. The number of ether oxygens (including phenoxy) is 1. The number of nitrogens with zero attached hydrogens (tertiary/aromatic N) is 3. The average molecular weight is 392 g/mol. The molecule has 6 heteroatoms. The van der Waals surface area contributed by atoms with Crippen LogP contribution in [0.15, 0.2) is 72.0 Å². The lowest BCUT2D eigenvalue weighted by molar-refractivity contribution is 0.414. The van der Waals surface area contributed by atoms with Gasteiger partial charge in [0.2, 0.25) is 0 Å². The van der Waals surface area contributed by atoms with E-state index >= 15 is 0 Å². The van der Waals surface area contributed by atoms with Crippen LogP contribution >= 0.6 is 0 Å². The first-order valence-electron chi connectivity index (χ1n) is 10.0. The molecule has 0 radical (unpaired) electrons. The summed E-state index contributed by atoms with van der Waals surface area (Å²) in [5.41, 5.74) is 3.60. The van der Waals surface area contributed by atoms with Gasteiger partial charge < -0.3 is 15.4 Å². The van der Waals surface area contributed by atoms with Gasteiger partial charge in [0.25, 0.3) is 0 Å². The van der Waals surface area contributed by atoms with E-state index in [1.165, 1.54) is 11.1 Å². The molecule has 0 aliphatic rings. The van der Waals surface area contributed by atoms with Gasteiger partial charge in [0.1, 0.15) is 5.75 Å². The normalized spacial score (nSPS) is 11.3. The van der Waals surface area contributed by atoms with Crippen LogP contribution in [0, 0.1) is 0 Å². The van der Waals surface area contributed by atoms with Crippen molar-refractivity contribution in [2.75, 3.05) is 26.7 Å². The van der Waals surface area contributed by atoms with Crippen LogP contribution in [0.4, 0.5) is 0 Å². The summed E-state index contributed by atoms with van der Waals surface area (Å²) in [5, 5.41) is 11.0. The lowest BCUT2D eigenvalue weighted by atomic mass is 10.1. The van der Waals surface area contributed by atoms with Gasteiger partial charge in [-0.2, -0.15) is 5.10 Å². The Labute approximate surface area is 172 Å². The van der Waals surface area contributed by atoms with Gasteiger partial charge in [-0.3, -0.25) is 4.99 Å². The minimum Gasteiger partial charge on any atom is -0.497 e. The summed E-state index contributed by atoms with van der Waals surface area (Å²) in [6.45, 7) is 4.48. The van der Waals surface area contributed by atoms with Crippen molar-refractivity contribution in [3.63, 3.8) is 0 Å². The predicted molar refractivity (Wildman–Crippen MR) is 118 cm³/mol. The van der Waals surface area contributed by atoms with Crippen molar-refractivity contribution >= 4 is 5.96 Å². The van der Waals surface area contributed by atoms with E-state index in [1.54, 1.807) is 13.3 Å². The molecule has 6 nitrogen and oxygen atoms in total. The zero-order valence-electron chi connectivity index (χ0n) is 17.1. The van der Waals surface area contributed by atoms with E-state index in [0.717, 1.165) is 49.9 Å². The van der Waals surface area contributed by atoms with E-state index in [4.69, 9.17) is 9.73 Å². The number of nitrogens with one attached hydrogen (secondary N) is 2. The molecule has 0 aliphatic heterocycles. The summed E-state index contributed by atoms with van der Waals surface area (Å²) < 4.78 is 7.06. The molecule has 2 aromatic carbocycles. The smallest absolute Gasteiger partial charge is 0.191 e. The van der Waals surface area contributed by atoms with E-state index in [-0.39, 0.29) is 0 Å². The molecule has 29 heavy (non-hydrogen) atoms. The fourth-order valence-corrected chi connectivity index (χ4v) is 2.99. The maximum Gasteiger partial charge on any atom is 0.191 e. The van der Waals surface area contributed by atoms with Crippen molar-refractivity contribution in [3.05, 3.63) is 78.1 Å². The third-order valence-electron chi connectivity index (χ3n) is 4.59. The van der Waals surface area contributed by atoms with Crippen molar-refractivity contribution in [2.24, 2.45) is 4.99 Å². The molecule has 0 amide bonds. The molecule has 152 valence electrons. The van der Waals surface area contributed by atoms with Gasteiger partial charge in [-0.15, -0.1) is 0 Å².